The molecule has 0 aliphatic carbocycles. The smallest absolute Gasteiger partial charge is 0.260 e. The van der Waals surface area contributed by atoms with Crippen molar-refractivity contribution >= 4 is 33.3 Å². The second-order valence-corrected chi connectivity index (χ2v) is 6.75. The molecular formula is C19H9F4N3OS. The van der Waals surface area contributed by atoms with Crippen molar-refractivity contribution in [2.24, 2.45) is 0 Å². The van der Waals surface area contributed by atoms with E-state index >= 15 is 0 Å². The minimum Gasteiger partial charge on any atom is -0.306 e. The summed E-state index contributed by atoms with van der Waals surface area (Å²) in [6.45, 7) is 0. The Labute approximate surface area is 159 Å². The molecule has 0 radical (unpaired) electrons. The topological polar surface area (TPSA) is 54.9 Å². The van der Waals surface area contributed by atoms with Gasteiger partial charge < -0.3 is 5.32 Å². The first-order valence-corrected chi connectivity index (χ1v) is 8.72. The van der Waals surface area contributed by atoms with Crippen LogP contribution in [0.5, 0.6) is 0 Å². The summed E-state index contributed by atoms with van der Waals surface area (Å²) in [5.41, 5.74) is 0.577. The number of nitrogens with zero attached hydrogens (tertiary/aromatic N) is 2. The monoisotopic (exact) mass is 403 g/mol. The van der Waals surface area contributed by atoms with Crippen LogP contribution in [0.2, 0.25) is 0 Å². The van der Waals surface area contributed by atoms with Crippen LogP contribution in [0, 0.1) is 23.3 Å². The van der Waals surface area contributed by atoms with Gasteiger partial charge in [-0.1, -0.05) is 12.1 Å². The summed E-state index contributed by atoms with van der Waals surface area (Å²) in [4.78, 5) is 20.6. The Balaban J connectivity index is 1.57. The normalized spacial score (nSPS) is 11.0. The molecule has 2 aromatic heterocycles. The van der Waals surface area contributed by atoms with Crippen molar-refractivity contribution in [3.05, 3.63) is 77.5 Å². The minimum atomic E-state index is -2.05. The molecule has 2 heterocycles. The SMILES string of the molecule is O=C(Nc1ccc(-c2nc3ccccc3s2)cn1)c1cc(F)c(F)c(F)c1F. The minimum absolute atomic E-state index is 0.0272. The molecule has 0 bridgehead atoms. The molecule has 4 nitrogen and oxygen atoms in total. The highest BCUT2D eigenvalue weighted by Gasteiger charge is 2.23. The maximum Gasteiger partial charge on any atom is 0.260 e. The maximum atomic E-state index is 13.7. The third kappa shape index (κ3) is 3.20. The van der Waals surface area contributed by atoms with Crippen LogP contribution >= 0.6 is 11.3 Å². The van der Waals surface area contributed by atoms with Crippen LogP contribution in [0.4, 0.5) is 23.4 Å². The fourth-order valence-corrected chi connectivity index (χ4v) is 3.47. The first-order chi connectivity index (χ1) is 13.4. The molecule has 0 aliphatic heterocycles. The predicted molar refractivity (Wildman–Crippen MR) is 97.1 cm³/mol. The van der Waals surface area contributed by atoms with Crippen molar-refractivity contribution in [1.82, 2.24) is 9.97 Å². The average molecular weight is 403 g/mol. The molecule has 140 valence electrons. The molecule has 4 rings (SSSR count). The van der Waals surface area contributed by atoms with E-state index in [1.807, 2.05) is 24.3 Å². The van der Waals surface area contributed by atoms with Crippen molar-refractivity contribution in [2.75, 3.05) is 5.32 Å². The molecule has 1 amide bonds. The second kappa shape index (κ2) is 7.01. The van der Waals surface area contributed by atoms with Gasteiger partial charge in [-0.25, -0.2) is 27.5 Å². The lowest BCUT2D eigenvalue weighted by atomic mass is 10.1. The van der Waals surface area contributed by atoms with Crippen molar-refractivity contribution < 1.29 is 22.4 Å². The highest BCUT2D eigenvalue weighted by molar-refractivity contribution is 7.21. The summed E-state index contributed by atoms with van der Waals surface area (Å²) in [6, 6.07) is 11.0. The quantitative estimate of drug-likeness (QED) is 0.292. The van der Waals surface area contributed by atoms with Crippen LogP contribution in [0.15, 0.2) is 48.7 Å². The zero-order valence-electron chi connectivity index (χ0n) is 13.8. The third-order valence-electron chi connectivity index (χ3n) is 3.89. The molecule has 2 aromatic carbocycles. The van der Waals surface area contributed by atoms with Gasteiger partial charge in [-0.05, 0) is 30.3 Å². The van der Waals surface area contributed by atoms with E-state index in [9.17, 15) is 22.4 Å². The number of aromatic nitrogens is 2. The molecule has 0 unspecified atom stereocenters. The van der Waals surface area contributed by atoms with Gasteiger partial charge in [0.2, 0.25) is 0 Å². The van der Waals surface area contributed by atoms with Crippen LogP contribution in [-0.2, 0) is 0 Å². The molecule has 0 spiro atoms. The van der Waals surface area contributed by atoms with Gasteiger partial charge in [0.15, 0.2) is 23.3 Å². The summed E-state index contributed by atoms with van der Waals surface area (Å²) in [5, 5.41) is 2.94. The van der Waals surface area contributed by atoms with Gasteiger partial charge in [0.1, 0.15) is 10.8 Å². The third-order valence-corrected chi connectivity index (χ3v) is 4.98. The van der Waals surface area contributed by atoms with Crippen LogP contribution in [-0.4, -0.2) is 15.9 Å². The number of fused-ring (bicyclic) bond motifs is 1. The average Bonchev–Trinajstić information content (AvgIpc) is 3.14. The number of anilines is 1. The zero-order chi connectivity index (χ0) is 19.8. The number of nitrogens with one attached hydrogen (secondary N) is 1. The van der Waals surface area contributed by atoms with E-state index in [1.54, 1.807) is 6.07 Å². The zero-order valence-corrected chi connectivity index (χ0v) is 14.7. The number of rotatable bonds is 3. The Bertz CT molecular complexity index is 1180. The van der Waals surface area contributed by atoms with Gasteiger partial charge in [-0.2, -0.15) is 0 Å². The number of hydrogen-bond acceptors (Lipinski definition) is 4. The largest absolute Gasteiger partial charge is 0.306 e. The number of hydrogen-bond donors (Lipinski definition) is 1. The number of para-hydroxylation sites is 1. The Morgan fingerprint density at radius 1 is 0.964 bits per heavy atom. The predicted octanol–water partition coefficient (Wildman–Crippen LogP) is 5.17. The fraction of sp³-hybridized carbons (Fsp3) is 0. The Morgan fingerprint density at radius 3 is 2.46 bits per heavy atom. The second-order valence-electron chi connectivity index (χ2n) is 5.72. The van der Waals surface area contributed by atoms with Gasteiger partial charge in [0.25, 0.3) is 5.91 Å². The first-order valence-electron chi connectivity index (χ1n) is 7.90. The van der Waals surface area contributed by atoms with Crippen molar-refractivity contribution in [3.63, 3.8) is 0 Å². The van der Waals surface area contributed by atoms with E-state index in [2.05, 4.69) is 15.3 Å². The standard InChI is InChI=1S/C19H9F4N3OS/c20-11-7-10(15(21)17(23)16(11)22)18(27)26-14-6-5-9(8-24-14)19-25-12-3-1-2-4-13(12)28-19/h1-8H,(H,24,26,27). The molecule has 0 aliphatic rings. The lowest BCUT2D eigenvalue weighted by Crippen LogP contribution is -2.16. The highest BCUT2D eigenvalue weighted by Crippen LogP contribution is 2.30. The number of thiazole rings is 1. The van der Waals surface area contributed by atoms with Crippen molar-refractivity contribution in [3.8, 4) is 10.6 Å². The number of carbonyl (C=O) groups is 1. The number of carbonyl (C=O) groups excluding carboxylic acids is 1. The summed E-state index contributed by atoms with van der Waals surface area (Å²) >= 11 is 1.47. The number of pyridine rings is 1. The molecule has 1 N–H and O–H groups in total. The van der Waals surface area contributed by atoms with E-state index in [0.29, 0.717) is 11.6 Å². The van der Waals surface area contributed by atoms with Gasteiger partial charge in [0, 0.05) is 11.8 Å². The van der Waals surface area contributed by atoms with Gasteiger partial charge in [-0.3, -0.25) is 4.79 Å². The van der Waals surface area contributed by atoms with Gasteiger partial charge in [-0.15, -0.1) is 11.3 Å². The Morgan fingerprint density at radius 2 is 1.75 bits per heavy atom. The highest BCUT2D eigenvalue weighted by atomic mass is 32.1. The fourth-order valence-electron chi connectivity index (χ4n) is 2.51. The van der Waals surface area contributed by atoms with Crippen molar-refractivity contribution in [1.29, 1.82) is 0 Å². The molecule has 28 heavy (non-hydrogen) atoms. The van der Waals surface area contributed by atoms with Crippen LogP contribution in [0.1, 0.15) is 10.4 Å². The first kappa shape index (κ1) is 18.1. The van der Waals surface area contributed by atoms with E-state index in [1.165, 1.54) is 23.6 Å². The molecule has 0 fully saturated rings. The van der Waals surface area contributed by atoms with E-state index < -0.39 is 34.7 Å². The lowest BCUT2D eigenvalue weighted by Gasteiger charge is -2.07. The van der Waals surface area contributed by atoms with Crippen molar-refractivity contribution in [2.45, 2.75) is 0 Å². The molecular weight excluding hydrogens is 394 g/mol. The van der Waals surface area contributed by atoms with E-state index in [0.717, 1.165) is 15.2 Å². The van der Waals surface area contributed by atoms with Crippen LogP contribution in [0.25, 0.3) is 20.8 Å². The molecule has 0 saturated heterocycles. The Kier molecular flexibility index (Phi) is 4.52. The van der Waals surface area contributed by atoms with Gasteiger partial charge in [0.05, 0.1) is 15.8 Å². The number of benzene rings is 2. The summed E-state index contributed by atoms with van der Waals surface area (Å²) < 4.78 is 54.3. The lowest BCUT2D eigenvalue weighted by molar-refractivity contribution is 0.102. The molecule has 0 saturated carbocycles. The molecule has 4 aromatic rings. The molecule has 0 atom stereocenters. The molecule has 9 heteroatoms. The summed E-state index contributed by atoms with van der Waals surface area (Å²) in [6.07, 6.45) is 1.45. The number of halogens is 4. The maximum absolute atomic E-state index is 13.7. The number of amides is 1. The van der Waals surface area contributed by atoms with E-state index in [-0.39, 0.29) is 5.82 Å². The Hall–Kier alpha value is -3.33. The van der Waals surface area contributed by atoms with Gasteiger partial charge >= 0.3 is 0 Å². The summed E-state index contributed by atoms with van der Waals surface area (Å²) in [7, 11) is 0. The summed E-state index contributed by atoms with van der Waals surface area (Å²) in [5.74, 6) is -8.60. The van der Waals surface area contributed by atoms with Crippen LogP contribution < -0.4 is 5.32 Å². The van der Waals surface area contributed by atoms with Crippen LogP contribution in [0.3, 0.4) is 0 Å². The van der Waals surface area contributed by atoms with E-state index in [4.69, 9.17) is 0 Å².